The van der Waals surface area contributed by atoms with Crippen LogP contribution in [0, 0.1) is 0 Å². The van der Waals surface area contributed by atoms with Gasteiger partial charge in [-0.1, -0.05) is 11.6 Å². The fourth-order valence-electron chi connectivity index (χ4n) is 2.67. The number of carboxylic acid groups (broad SMARTS) is 1. The number of carboxylic acids is 1. The Balaban J connectivity index is 1.82. The lowest BCUT2D eigenvalue weighted by Crippen LogP contribution is -2.05. The first-order valence-corrected chi connectivity index (χ1v) is 9.70. The number of nitrogens with two attached hydrogens (primary N) is 1. The van der Waals surface area contributed by atoms with Crippen molar-refractivity contribution in [3.63, 3.8) is 0 Å². The molecule has 0 unspecified atom stereocenters. The number of H-pyrrole nitrogens is 1. The van der Waals surface area contributed by atoms with Crippen molar-refractivity contribution < 1.29 is 18.3 Å². The van der Waals surface area contributed by atoms with Crippen molar-refractivity contribution in [1.82, 2.24) is 19.7 Å². The second kappa shape index (κ2) is 6.36. The summed E-state index contributed by atoms with van der Waals surface area (Å²) in [4.78, 5) is 18.2. The molecule has 28 heavy (non-hydrogen) atoms. The number of benzene rings is 2. The number of nitrogens with one attached hydrogen (secondary N) is 1. The molecule has 0 spiro atoms. The Morgan fingerprint density at radius 1 is 1.21 bits per heavy atom. The molecule has 0 saturated carbocycles. The van der Waals surface area contributed by atoms with Gasteiger partial charge in [0, 0.05) is 11.2 Å². The minimum atomic E-state index is -3.87. The zero-order valence-corrected chi connectivity index (χ0v) is 15.6. The summed E-state index contributed by atoms with van der Waals surface area (Å²) < 4.78 is 27.1. The van der Waals surface area contributed by atoms with Crippen molar-refractivity contribution in [2.75, 3.05) is 5.73 Å². The predicted molar refractivity (Wildman–Crippen MR) is 101 cm³/mol. The van der Waals surface area contributed by atoms with E-state index in [9.17, 15) is 13.2 Å². The first kappa shape index (κ1) is 18.0. The Morgan fingerprint density at radius 3 is 2.57 bits per heavy atom. The van der Waals surface area contributed by atoms with E-state index >= 15 is 0 Å². The van der Waals surface area contributed by atoms with Gasteiger partial charge in [0.2, 0.25) is 15.8 Å². The summed E-state index contributed by atoms with van der Waals surface area (Å²) in [7, 11) is -3.87. The molecule has 4 aromatic rings. The highest BCUT2D eigenvalue weighted by atomic mass is 35.5. The highest BCUT2D eigenvalue weighted by Gasteiger charge is 2.22. The van der Waals surface area contributed by atoms with Gasteiger partial charge in [-0.3, -0.25) is 0 Å². The molecule has 0 fully saturated rings. The highest BCUT2D eigenvalue weighted by Crippen LogP contribution is 2.30. The molecule has 0 aliphatic rings. The van der Waals surface area contributed by atoms with Gasteiger partial charge in [-0.25, -0.2) is 22.9 Å². The first-order valence-electron chi connectivity index (χ1n) is 7.84. The van der Waals surface area contributed by atoms with Crippen molar-refractivity contribution in [1.29, 1.82) is 0 Å². The van der Waals surface area contributed by atoms with Gasteiger partial charge in [0.25, 0.3) is 0 Å². The maximum atomic E-state index is 12.9. The van der Waals surface area contributed by atoms with Gasteiger partial charge in [-0.2, -0.15) is 5.10 Å². The van der Waals surface area contributed by atoms with Crippen LogP contribution in [0.4, 0.5) is 5.69 Å². The SMILES string of the molecule is Nc1cc2nc(-n3cc(C(=O)O)cn3)[nH]c2cc1S(=O)(=O)c1ccc(Cl)cc1. The molecule has 4 N–H and O–H groups in total. The monoisotopic (exact) mass is 417 g/mol. The average molecular weight is 418 g/mol. The molecule has 0 atom stereocenters. The molecule has 0 saturated heterocycles. The van der Waals surface area contributed by atoms with Crippen LogP contribution in [-0.4, -0.2) is 39.2 Å². The molecule has 2 aromatic heterocycles. The van der Waals surface area contributed by atoms with Crippen LogP contribution in [0.15, 0.2) is 58.6 Å². The van der Waals surface area contributed by atoms with E-state index in [2.05, 4.69) is 15.1 Å². The quantitative estimate of drug-likeness (QED) is 0.432. The van der Waals surface area contributed by atoms with Crippen molar-refractivity contribution in [3.05, 3.63) is 59.4 Å². The number of aromatic nitrogens is 4. The smallest absolute Gasteiger partial charge is 0.338 e. The van der Waals surface area contributed by atoms with Gasteiger partial charge in [-0.05, 0) is 36.4 Å². The zero-order chi connectivity index (χ0) is 20.1. The average Bonchev–Trinajstić information content (AvgIpc) is 3.28. The highest BCUT2D eigenvalue weighted by molar-refractivity contribution is 7.91. The summed E-state index contributed by atoms with van der Waals surface area (Å²) in [6, 6.07) is 8.57. The molecule has 0 aliphatic carbocycles. The van der Waals surface area contributed by atoms with E-state index < -0.39 is 15.8 Å². The second-order valence-corrected chi connectivity index (χ2v) is 8.26. The third-order valence-electron chi connectivity index (χ3n) is 4.06. The normalized spacial score (nSPS) is 11.8. The molecule has 9 nitrogen and oxygen atoms in total. The Bertz CT molecular complexity index is 1330. The molecule has 4 rings (SSSR count). The van der Waals surface area contributed by atoms with E-state index in [0.717, 1.165) is 0 Å². The summed E-state index contributed by atoms with van der Waals surface area (Å²) in [5.41, 5.74) is 6.82. The summed E-state index contributed by atoms with van der Waals surface area (Å²) >= 11 is 5.82. The van der Waals surface area contributed by atoms with Gasteiger partial charge in [0.15, 0.2) is 0 Å². The van der Waals surface area contributed by atoms with Crippen LogP contribution in [0.25, 0.3) is 17.0 Å². The van der Waals surface area contributed by atoms with Crippen molar-refractivity contribution in [2.24, 2.45) is 0 Å². The topological polar surface area (TPSA) is 144 Å². The second-order valence-electron chi connectivity index (χ2n) is 5.90. The van der Waals surface area contributed by atoms with Crippen LogP contribution in [-0.2, 0) is 9.84 Å². The number of sulfone groups is 1. The van der Waals surface area contributed by atoms with E-state index in [1.807, 2.05) is 0 Å². The summed E-state index contributed by atoms with van der Waals surface area (Å²) in [6.07, 6.45) is 2.47. The molecule has 0 radical (unpaired) electrons. The van der Waals surface area contributed by atoms with Gasteiger partial charge >= 0.3 is 5.97 Å². The van der Waals surface area contributed by atoms with Crippen LogP contribution >= 0.6 is 11.6 Å². The number of aromatic amines is 1. The van der Waals surface area contributed by atoms with Crippen LogP contribution in [0.2, 0.25) is 5.02 Å². The molecule has 0 amide bonds. The molecule has 142 valence electrons. The van der Waals surface area contributed by atoms with E-state index in [-0.39, 0.29) is 27.0 Å². The number of nitrogens with zero attached hydrogens (tertiary/aromatic N) is 3. The number of rotatable bonds is 4. The molecule has 0 bridgehead atoms. The lowest BCUT2D eigenvalue weighted by molar-refractivity contribution is 0.0697. The van der Waals surface area contributed by atoms with Gasteiger partial charge in [0.1, 0.15) is 0 Å². The fourth-order valence-corrected chi connectivity index (χ4v) is 4.19. The summed E-state index contributed by atoms with van der Waals surface area (Å²) in [5.74, 6) is -0.897. The van der Waals surface area contributed by atoms with Gasteiger partial charge < -0.3 is 15.8 Å². The lowest BCUT2D eigenvalue weighted by Gasteiger charge is -2.08. The Hall–Kier alpha value is -3.37. The third-order valence-corrected chi connectivity index (χ3v) is 6.14. The Labute approximate surface area is 163 Å². The Morgan fingerprint density at radius 2 is 1.93 bits per heavy atom. The van der Waals surface area contributed by atoms with E-state index in [4.69, 9.17) is 22.4 Å². The standard InChI is InChI=1S/C17H12ClN5O4S/c18-10-1-3-11(4-2-10)28(26,27)15-6-14-13(5-12(15)19)21-17(22-14)23-8-9(7-20-23)16(24)25/h1-8H,19H2,(H,21,22)(H,24,25). The van der Waals surface area contributed by atoms with Crippen LogP contribution in [0.3, 0.4) is 0 Å². The van der Waals surface area contributed by atoms with Crippen molar-refractivity contribution in [3.8, 4) is 5.95 Å². The van der Waals surface area contributed by atoms with Crippen LogP contribution in [0.1, 0.15) is 10.4 Å². The maximum absolute atomic E-state index is 12.9. The maximum Gasteiger partial charge on any atom is 0.338 e. The van der Waals surface area contributed by atoms with Crippen LogP contribution in [0.5, 0.6) is 0 Å². The predicted octanol–water partition coefficient (Wildman–Crippen LogP) is 2.52. The number of imidazole rings is 1. The minimum absolute atomic E-state index is 0.00836. The number of aromatic carboxylic acids is 1. The fraction of sp³-hybridized carbons (Fsp3) is 0. The summed E-state index contributed by atoms with van der Waals surface area (Å²) in [5, 5.41) is 13.3. The van der Waals surface area contributed by atoms with E-state index in [1.165, 1.54) is 53.5 Å². The van der Waals surface area contributed by atoms with Crippen LogP contribution < -0.4 is 5.73 Å². The van der Waals surface area contributed by atoms with Crippen molar-refractivity contribution in [2.45, 2.75) is 9.79 Å². The zero-order valence-electron chi connectivity index (χ0n) is 14.0. The number of nitrogen functional groups attached to an aromatic ring is 1. The molecule has 0 aliphatic heterocycles. The third kappa shape index (κ3) is 2.98. The van der Waals surface area contributed by atoms with E-state index in [1.54, 1.807) is 0 Å². The molecule has 11 heteroatoms. The summed E-state index contributed by atoms with van der Waals surface area (Å²) in [6.45, 7) is 0. The lowest BCUT2D eigenvalue weighted by atomic mass is 10.3. The number of hydrogen-bond acceptors (Lipinski definition) is 6. The molecular weight excluding hydrogens is 406 g/mol. The van der Waals surface area contributed by atoms with E-state index in [0.29, 0.717) is 16.1 Å². The first-order chi connectivity index (χ1) is 13.3. The minimum Gasteiger partial charge on any atom is -0.478 e. The number of fused-ring (bicyclic) bond motifs is 1. The number of anilines is 1. The van der Waals surface area contributed by atoms with Crippen molar-refractivity contribution >= 4 is 44.1 Å². The number of carbonyl (C=O) groups is 1. The van der Waals surface area contributed by atoms with Gasteiger partial charge in [-0.15, -0.1) is 0 Å². The van der Waals surface area contributed by atoms with Gasteiger partial charge in [0.05, 0.1) is 38.3 Å². The number of hydrogen-bond donors (Lipinski definition) is 3. The Kier molecular flexibility index (Phi) is 4.09. The largest absolute Gasteiger partial charge is 0.478 e. The number of halogens is 1. The molecular formula is C17H12ClN5O4S. The molecule has 2 heterocycles. The molecule has 2 aromatic carbocycles.